The zero-order chi connectivity index (χ0) is 22.0. The Labute approximate surface area is 181 Å². The molecule has 0 radical (unpaired) electrons. The van der Waals surface area contributed by atoms with Crippen molar-refractivity contribution < 1.29 is 22.3 Å². The molecule has 0 aliphatic carbocycles. The minimum Gasteiger partial charge on any atom is -0.497 e. The Hall–Kier alpha value is -2.91. The first-order chi connectivity index (χ1) is 14.9. The van der Waals surface area contributed by atoms with E-state index in [-0.39, 0.29) is 23.1 Å². The number of aromatic nitrogens is 2. The van der Waals surface area contributed by atoms with Gasteiger partial charge in [0.05, 0.1) is 20.1 Å². The summed E-state index contributed by atoms with van der Waals surface area (Å²) in [4.78, 5) is 0.0841. The van der Waals surface area contributed by atoms with Crippen LogP contribution in [0, 0.1) is 6.92 Å². The normalized spacial score (nSPS) is 17.5. The van der Waals surface area contributed by atoms with E-state index in [1.54, 1.807) is 12.1 Å². The van der Waals surface area contributed by atoms with Crippen molar-refractivity contribution in [2.24, 2.45) is 0 Å². The van der Waals surface area contributed by atoms with E-state index in [1.807, 2.05) is 31.2 Å². The number of benzene rings is 2. The van der Waals surface area contributed by atoms with Crippen LogP contribution in [0.5, 0.6) is 11.5 Å². The van der Waals surface area contributed by atoms with Crippen LogP contribution < -0.4 is 9.47 Å². The molecule has 164 valence electrons. The molecular weight excluding hydrogens is 418 g/mol. The van der Waals surface area contributed by atoms with Crippen molar-refractivity contribution in [3.63, 3.8) is 0 Å². The van der Waals surface area contributed by atoms with Gasteiger partial charge >= 0.3 is 0 Å². The summed E-state index contributed by atoms with van der Waals surface area (Å²) in [7, 11) is -0.844. The van der Waals surface area contributed by atoms with Crippen LogP contribution in [0.2, 0.25) is 0 Å². The molecule has 2 aromatic carbocycles. The maximum Gasteiger partial charge on any atom is 0.247 e. The molecule has 1 saturated heterocycles. The Bertz CT molecular complexity index is 1160. The molecule has 8 nitrogen and oxygen atoms in total. The first kappa shape index (κ1) is 21.3. The molecule has 31 heavy (non-hydrogen) atoms. The number of ether oxygens (including phenoxy) is 2. The molecule has 0 bridgehead atoms. The molecule has 1 fully saturated rings. The Balaban J connectivity index is 1.58. The summed E-state index contributed by atoms with van der Waals surface area (Å²) >= 11 is 0. The lowest BCUT2D eigenvalue weighted by Crippen LogP contribution is -2.39. The van der Waals surface area contributed by atoms with Crippen molar-refractivity contribution in [3.05, 3.63) is 53.9 Å². The SMILES string of the molecule is COc1ccc(OC)c(S(=O)(=O)N2CCCC(c3nnc(-c4ccc(C)cc4)o3)C2)c1. The predicted molar refractivity (Wildman–Crippen MR) is 115 cm³/mol. The lowest BCUT2D eigenvalue weighted by Gasteiger charge is -2.30. The fourth-order valence-electron chi connectivity index (χ4n) is 3.70. The van der Waals surface area contributed by atoms with Gasteiger partial charge in [0.1, 0.15) is 16.4 Å². The van der Waals surface area contributed by atoms with Crippen molar-refractivity contribution in [2.45, 2.75) is 30.6 Å². The lowest BCUT2D eigenvalue weighted by molar-refractivity contribution is 0.285. The number of sulfonamides is 1. The average molecular weight is 444 g/mol. The number of nitrogens with zero attached hydrogens (tertiary/aromatic N) is 3. The summed E-state index contributed by atoms with van der Waals surface area (Å²) in [5.41, 5.74) is 1.98. The number of aryl methyl sites for hydroxylation is 1. The summed E-state index contributed by atoms with van der Waals surface area (Å²) in [5.74, 6) is 1.44. The molecule has 0 N–H and O–H groups in total. The maximum atomic E-state index is 13.4. The van der Waals surface area contributed by atoms with Crippen molar-refractivity contribution in [2.75, 3.05) is 27.3 Å². The van der Waals surface area contributed by atoms with Crippen molar-refractivity contribution >= 4 is 10.0 Å². The molecule has 0 spiro atoms. The molecule has 4 rings (SSSR count). The van der Waals surface area contributed by atoms with Crippen LogP contribution in [0.3, 0.4) is 0 Å². The van der Waals surface area contributed by atoms with Crippen molar-refractivity contribution in [3.8, 4) is 23.0 Å². The number of rotatable bonds is 6. The largest absolute Gasteiger partial charge is 0.497 e. The Morgan fingerprint density at radius 3 is 2.55 bits per heavy atom. The highest BCUT2D eigenvalue weighted by Crippen LogP contribution is 2.35. The molecule has 3 aromatic rings. The lowest BCUT2D eigenvalue weighted by atomic mass is 10.00. The molecule has 1 unspecified atom stereocenters. The summed E-state index contributed by atoms with van der Waals surface area (Å²) in [6.45, 7) is 2.69. The van der Waals surface area contributed by atoms with E-state index in [4.69, 9.17) is 13.9 Å². The van der Waals surface area contributed by atoms with Gasteiger partial charge in [0.25, 0.3) is 0 Å². The summed E-state index contributed by atoms with van der Waals surface area (Å²) in [6.07, 6.45) is 1.47. The first-order valence-electron chi connectivity index (χ1n) is 10.0. The van der Waals surface area contributed by atoms with Crippen LogP contribution in [0.1, 0.15) is 30.2 Å². The van der Waals surface area contributed by atoms with Crippen LogP contribution in [-0.4, -0.2) is 50.2 Å². The zero-order valence-electron chi connectivity index (χ0n) is 17.7. The second-order valence-corrected chi connectivity index (χ2v) is 9.44. The van der Waals surface area contributed by atoms with Gasteiger partial charge in [-0.05, 0) is 44.0 Å². The molecule has 1 aliphatic rings. The van der Waals surface area contributed by atoms with E-state index >= 15 is 0 Å². The summed E-state index contributed by atoms with van der Waals surface area (Å²) in [6, 6.07) is 12.6. The fraction of sp³-hybridized carbons (Fsp3) is 0.364. The van der Waals surface area contributed by atoms with Crippen molar-refractivity contribution in [1.29, 1.82) is 0 Å². The topological polar surface area (TPSA) is 94.8 Å². The van der Waals surface area contributed by atoms with Crippen LogP contribution in [0.15, 0.2) is 51.8 Å². The zero-order valence-corrected chi connectivity index (χ0v) is 18.6. The fourth-order valence-corrected chi connectivity index (χ4v) is 5.39. The standard InChI is InChI=1S/C22H25N3O5S/c1-15-6-8-16(9-7-15)21-23-24-22(30-21)17-5-4-12-25(14-17)31(26,27)20-13-18(28-2)10-11-19(20)29-3/h6-11,13,17H,4-5,12,14H2,1-3H3. The minimum atomic E-state index is -3.79. The van der Waals surface area contributed by atoms with Gasteiger partial charge in [-0.1, -0.05) is 17.7 Å². The van der Waals surface area contributed by atoms with Crippen LogP contribution in [-0.2, 0) is 10.0 Å². The predicted octanol–water partition coefficient (Wildman–Crippen LogP) is 3.63. The highest BCUT2D eigenvalue weighted by Gasteiger charge is 2.35. The van der Waals surface area contributed by atoms with Gasteiger partial charge in [0.2, 0.25) is 21.8 Å². The van der Waals surface area contributed by atoms with E-state index in [1.165, 1.54) is 24.6 Å². The molecular formula is C22H25N3O5S. The van der Waals surface area contributed by atoms with Crippen LogP contribution in [0.25, 0.3) is 11.5 Å². The monoisotopic (exact) mass is 443 g/mol. The van der Waals surface area contributed by atoms with Gasteiger partial charge in [-0.3, -0.25) is 0 Å². The number of piperidine rings is 1. The van der Waals surface area contributed by atoms with Gasteiger partial charge in [-0.25, -0.2) is 8.42 Å². The van der Waals surface area contributed by atoms with Gasteiger partial charge in [0, 0.05) is 24.7 Å². The minimum absolute atomic E-state index is 0.0841. The quantitative estimate of drug-likeness (QED) is 0.574. The molecule has 1 atom stereocenters. The number of hydrogen-bond donors (Lipinski definition) is 0. The van der Waals surface area contributed by atoms with Crippen molar-refractivity contribution in [1.82, 2.24) is 14.5 Å². The Morgan fingerprint density at radius 2 is 1.84 bits per heavy atom. The maximum absolute atomic E-state index is 13.4. The Kier molecular flexibility index (Phi) is 5.97. The van der Waals surface area contributed by atoms with Gasteiger partial charge in [0.15, 0.2) is 0 Å². The third-order valence-electron chi connectivity index (χ3n) is 5.46. The molecule has 9 heteroatoms. The van der Waals surface area contributed by atoms with E-state index in [0.717, 1.165) is 17.5 Å². The smallest absolute Gasteiger partial charge is 0.247 e. The van der Waals surface area contributed by atoms with Gasteiger partial charge in [-0.2, -0.15) is 4.31 Å². The number of hydrogen-bond acceptors (Lipinski definition) is 7. The second-order valence-electron chi connectivity index (χ2n) is 7.53. The van der Waals surface area contributed by atoms with Crippen LogP contribution in [0.4, 0.5) is 0 Å². The van der Waals surface area contributed by atoms with E-state index in [9.17, 15) is 8.42 Å². The van der Waals surface area contributed by atoms with E-state index in [2.05, 4.69) is 10.2 Å². The highest BCUT2D eigenvalue weighted by molar-refractivity contribution is 7.89. The third kappa shape index (κ3) is 4.28. The molecule has 1 aliphatic heterocycles. The van der Waals surface area contributed by atoms with E-state index < -0.39 is 10.0 Å². The van der Waals surface area contributed by atoms with Gasteiger partial charge < -0.3 is 13.9 Å². The second kappa shape index (κ2) is 8.68. The number of methoxy groups -OCH3 is 2. The molecule has 0 amide bonds. The third-order valence-corrected chi connectivity index (χ3v) is 7.35. The summed E-state index contributed by atoms with van der Waals surface area (Å²) in [5, 5.41) is 8.37. The Morgan fingerprint density at radius 1 is 1.06 bits per heavy atom. The highest BCUT2D eigenvalue weighted by atomic mass is 32.2. The van der Waals surface area contributed by atoms with E-state index in [0.29, 0.717) is 30.5 Å². The summed E-state index contributed by atoms with van der Waals surface area (Å²) < 4.78 is 44.6. The molecule has 2 heterocycles. The molecule has 0 saturated carbocycles. The molecule has 1 aromatic heterocycles. The first-order valence-corrected chi connectivity index (χ1v) is 11.5. The average Bonchev–Trinajstić information content (AvgIpc) is 3.29. The van der Waals surface area contributed by atoms with Gasteiger partial charge in [-0.15, -0.1) is 10.2 Å². The van der Waals surface area contributed by atoms with Crippen LogP contribution >= 0.6 is 0 Å².